The molecule has 0 radical (unpaired) electrons. The van der Waals surface area contributed by atoms with E-state index in [1.165, 1.54) is 0 Å². The molecule has 2 heterocycles. The molecule has 3 fully saturated rings. The number of fused-ring (bicyclic) bond motifs is 2. The number of amides is 3. The van der Waals surface area contributed by atoms with Crippen LogP contribution in [0, 0.1) is 11.8 Å². The molecule has 1 aliphatic carbocycles. The molecule has 7 heteroatoms. The van der Waals surface area contributed by atoms with Crippen LogP contribution in [0.15, 0.2) is 24.3 Å². The molecule has 1 aromatic rings. The second kappa shape index (κ2) is 8.41. The Kier molecular flexibility index (Phi) is 5.94. The smallest absolute Gasteiger partial charge is 0.410 e. The van der Waals surface area contributed by atoms with Crippen molar-refractivity contribution in [3.63, 3.8) is 0 Å². The molecule has 1 N–H and O–H groups in total. The average Bonchev–Trinajstić information content (AvgIpc) is 3.40. The highest BCUT2D eigenvalue weighted by atomic mass is 16.6. The molecule has 0 spiro atoms. The van der Waals surface area contributed by atoms with Gasteiger partial charge >= 0.3 is 6.09 Å². The Morgan fingerprint density at radius 1 is 1.03 bits per heavy atom. The van der Waals surface area contributed by atoms with Gasteiger partial charge in [0.1, 0.15) is 5.60 Å². The Hall–Kier alpha value is -2.57. The van der Waals surface area contributed by atoms with Gasteiger partial charge in [-0.05, 0) is 83.1 Å². The molecular formula is C25H35N3O4. The lowest BCUT2D eigenvalue weighted by molar-refractivity contribution is -0.117. The molecule has 1 saturated carbocycles. The van der Waals surface area contributed by atoms with E-state index in [0.29, 0.717) is 11.5 Å². The number of piperidine rings is 1. The fourth-order valence-electron chi connectivity index (χ4n) is 5.07. The highest BCUT2D eigenvalue weighted by molar-refractivity contribution is 5.97. The lowest BCUT2D eigenvalue weighted by Crippen LogP contribution is -2.53. The highest BCUT2D eigenvalue weighted by Gasteiger charge is 2.46. The fraction of sp³-hybridized carbons (Fsp3) is 0.640. The van der Waals surface area contributed by atoms with Crippen molar-refractivity contribution in [2.75, 3.05) is 12.4 Å². The Morgan fingerprint density at radius 3 is 2.09 bits per heavy atom. The van der Waals surface area contributed by atoms with Crippen LogP contribution in [-0.4, -0.2) is 58.5 Å². The summed E-state index contributed by atoms with van der Waals surface area (Å²) in [7, 11) is 1.85. The van der Waals surface area contributed by atoms with E-state index in [4.69, 9.17) is 4.74 Å². The summed E-state index contributed by atoms with van der Waals surface area (Å²) >= 11 is 0. The molecule has 2 bridgehead atoms. The lowest BCUT2D eigenvalue weighted by atomic mass is 9.96. The molecule has 2 saturated heterocycles. The van der Waals surface area contributed by atoms with E-state index in [0.717, 1.165) is 37.8 Å². The monoisotopic (exact) mass is 441 g/mol. The Balaban J connectivity index is 1.35. The topological polar surface area (TPSA) is 79.0 Å². The number of nitrogens with one attached hydrogen (secondary N) is 1. The van der Waals surface area contributed by atoms with Gasteiger partial charge in [-0.25, -0.2) is 4.79 Å². The second-order valence-electron chi connectivity index (χ2n) is 10.7. The van der Waals surface area contributed by atoms with E-state index in [1.807, 2.05) is 37.6 Å². The quantitative estimate of drug-likeness (QED) is 0.756. The van der Waals surface area contributed by atoms with Crippen molar-refractivity contribution < 1.29 is 19.1 Å². The number of hydrogen-bond acceptors (Lipinski definition) is 4. The van der Waals surface area contributed by atoms with E-state index in [1.54, 1.807) is 24.3 Å². The van der Waals surface area contributed by atoms with Gasteiger partial charge in [-0.1, -0.05) is 6.92 Å². The minimum absolute atomic E-state index is 0.0335. The van der Waals surface area contributed by atoms with Gasteiger partial charge in [0, 0.05) is 42.3 Å². The number of anilines is 1. The van der Waals surface area contributed by atoms with Crippen molar-refractivity contribution in [1.82, 2.24) is 9.80 Å². The van der Waals surface area contributed by atoms with Gasteiger partial charge in [0.05, 0.1) is 0 Å². The van der Waals surface area contributed by atoms with Crippen LogP contribution in [0.3, 0.4) is 0 Å². The van der Waals surface area contributed by atoms with E-state index >= 15 is 0 Å². The Bertz CT molecular complexity index is 877. The summed E-state index contributed by atoms with van der Waals surface area (Å²) in [6.07, 6.45) is 4.15. The highest BCUT2D eigenvalue weighted by Crippen LogP contribution is 2.39. The van der Waals surface area contributed by atoms with Crippen LogP contribution in [0.4, 0.5) is 10.5 Å². The maximum Gasteiger partial charge on any atom is 0.410 e. The van der Waals surface area contributed by atoms with Crippen LogP contribution in [0.5, 0.6) is 0 Å². The predicted octanol–water partition coefficient (Wildman–Crippen LogP) is 4.28. The third-order valence-electron chi connectivity index (χ3n) is 7.03. The molecule has 0 aromatic heterocycles. The molecule has 2 aliphatic heterocycles. The van der Waals surface area contributed by atoms with Crippen molar-refractivity contribution in [3.8, 4) is 0 Å². The van der Waals surface area contributed by atoms with E-state index < -0.39 is 5.60 Å². The Morgan fingerprint density at radius 2 is 1.59 bits per heavy atom. The van der Waals surface area contributed by atoms with Crippen molar-refractivity contribution in [2.45, 2.75) is 83.5 Å². The number of carbonyl (C=O) groups is 3. The number of rotatable bonds is 4. The first kappa shape index (κ1) is 22.6. The molecule has 7 nitrogen and oxygen atoms in total. The summed E-state index contributed by atoms with van der Waals surface area (Å²) in [4.78, 5) is 41.6. The maximum absolute atomic E-state index is 13.1. The van der Waals surface area contributed by atoms with Gasteiger partial charge in [-0.2, -0.15) is 0 Å². The van der Waals surface area contributed by atoms with Crippen LogP contribution in [-0.2, 0) is 9.53 Å². The lowest BCUT2D eigenvalue weighted by Gasteiger charge is -2.42. The molecule has 5 atom stereocenters. The number of ether oxygens (including phenoxy) is 1. The number of carbonyl (C=O) groups excluding carboxylic acids is 3. The van der Waals surface area contributed by atoms with Crippen molar-refractivity contribution in [3.05, 3.63) is 29.8 Å². The fourth-order valence-corrected chi connectivity index (χ4v) is 5.07. The number of nitrogens with zero attached hydrogens (tertiary/aromatic N) is 2. The van der Waals surface area contributed by atoms with Crippen LogP contribution in [0.2, 0.25) is 0 Å². The van der Waals surface area contributed by atoms with Crippen molar-refractivity contribution in [1.29, 1.82) is 0 Å². The zero-order valence-electron chi connectivity index (χ0n) is 19.8. The second-order valence-corrected chi connectivity index (χ2v) is 10.7. The first-order valence-electron chi connectivity index (χ1n) is 11.7. The zero-order chi connectivity index (χ0) is 23.2. The van der Waals surface area contributed by atoms with Crippen LogP contribution in [0.1, 0.15) is 70.2 Å². The molecule has 4 rings (SSSR count). The molecule has 32 heavy (non-hydrogen) atoms. The van der Waals surface area contributed by atoms with Gasteiger partial charge in [0.25, 0.3) is 5.91 Å². The molecule has 174 valence electrons. The van der Waals surface area contributed by atoms with Gasteiger partial charge < -0.3 is 19.9 Å². The van der Waals surface area contributed by atoms with Crippen LogP contribution in [0.25, 0.3) is 0 Å². The standard InChI is InChI=1S/C25H35N3O4/c1-15-12-21(15)22(29)26-17-8-6-16(7-9-17)23(30)27(5)20-13-18-10-11-19(14-20)28(18)24(31)32-25(2,3)4/h6-9,15,18-21H,10-14H2,1-5H3,(H,26,29)/t15-,18-,19+,20?,21+/m0/s1. The summed E-state index contributed by atoms with van der Waals surface area (Å²) in [5.41, 5.74) is 0.812. The van der Waals surface area contributed by atoms with E-state index in [-0.39, 0.29) is 42.0 Å². The van der Waals surface area contributed by atoms with E-state index in [9.17, 15) is 14.4 Å². The third-order valence-corrected chi connectivity index (χ3v) is 7.03. The van der Waals surface area contributed by atoms with Gasteiger partial charge in [-0.15, -0.1) is 0 Å². The molecule has 3 aliphatic rings. The minimum atomic E-state index is -0.511. The summed E-state index contributed by atoms with van der Waals surface area (Å²) in [6, 6.07) is 7.46. The molecular weight excluding hydrogens is 406 g/mol. The van der Waals surface area contributed by atoms with Gasteiger partial charge in [0.15, 0.2) is 0 Å². The summed E-state index contributed by atoms with van der Waals surface area (Å²) in [5.74, 6) is 0.598. The van der Waals surface area contributed by atoms with Gasteiger partial charge in [-0.3, -0.25) is 9.59 Å². The Labute approximate surface area is 190 Å². The molecule has 3 amide bonds. The molecule has 1 unspecified atom stereocenters. The van der Waals surface area contributed by atoms with Crippen molar-refractivity contribution in [2.24, 2.45) is 11.8 Å². The first-order valence-corrected chi connectivity index (χ1v) is 11.7. The third kappa shape index (κ3) is 4.76. The SMILES string of the molecule is C[C@H]1C[C@H]1C(=O)Nc1ccc(C(=O)N(C)C2C[C@H]3CC[C@@H](C2)N3C(=O)OC(C)(C)C)cc1. The number of hydrogen-bond donors (Lipinski definition) is 1. The summed E-state index contributed by atoms with van der Waals surface area (Å²) in [6.45, 7) is 7.73. The average molecular weight is 442 g/mol. The van der Waals surface area contributed by atoms with Crippen LogP contribution >= 0.6 is 0 Å². The normalized spacial score (nSPS) is 28.8. The summed E-state index contributed by atoms with van der Waals surface area (Å²) in [5, 5.41) is 2.93. The van der Waals surface area contributed by atoms with E-state index in [2.05, 4.69) is 12.2 Å². The zero-order valence-corrected chi connectivity index (χ0v) is 19.8. The van der Waals surface area contributed by atoms with Gasteiger partial charge in [0.2, 0.25) is 5.91 Å². The van der Waals surface area contributed by atoms with Crippen LogP contribution < -0.4 is 5.32 Å². The summed E-state index contributed by atoms with van der Waals surface area (Å²) < 4.78 is 5.61. The number of benzene rings is 1. The maximum atomic E-state index is 13.1. The molecule has 1 aromatic carbocycles. The minimum Gasteiger partial charge on any atom is -0.444 e. The van der Waals surface area contributed by atoms with Crippen molar-refractivity contribution >= 4 is 23.6 Å². The largest absolute Gasteiger partial charge is 0.444 e. The predicted molar refractivity (Wildman–Crippen MR) is 122 cm³/mol. The first-order chi connectivity index (χ1) is 15.0.